The maximum Gasteiger partial charge on any atom is 0.416 e. The van der Waals surface area contributed by atoms with E-state index in [2.05, 4.69) is 25.4 Å². The smallest absolute Gasteiger partial charge is 0.416 e. The average Bonchev–Trinajstić information content (AvgIpc) is 3.12. The van der Waals surface area contributed by atoms with E-state index in [0.717, 1.165) is 19.2 Å². The van der Waals surface area contributed by atoms with Crippen LogP contribution in [0.2, 0.25) is 0 Å². The van der Waals surface area contributed by atoms with Crippen molar-refractivity contribution in [3.63, 3.8) is 0 Å². The molecule has 0 radical (unpaired) electrons. The Hall–Kier alpha value is -3.14. The van der Waals surface area contributed by atoms with Gasteiger partial charge in [0, 0.05) is 18.7 Å². The topological polar surface area (TPSA) is 78.6 Å². The van der Waals surface area contributed by atoms with Crippen LogP contribution in [-0.4, -0.2) is 55.8 Å². The summed E-state index contributed by atoms with van der Waals surface area (Å²) in [6, 6.07) is 2.79. The number of hydrogen-bond acceptors (Lipinski definition) is 6. The number of aromatic nitrogens is 4. The number of likely N-dealkylation sites (N-methyl/N-ethyl adjacent to an activating group) is 1. The normalized spacial score (nSPS) is 17.9. The van der Waals surface area contributed by atoms with Crippen molar-refractivity contribution < 1.29 is 18.3 Å². The molecular weight excluding hydrogens is 373 g/mol. The van der Waals surface area contributed by atoms with E-state index in [1.54, 1.807) is 4.40 Å². The zero-order valence-electron chi connectivity index (χ0n) is 14.9. The Morgan fingerprint density at radius 1 is 1.25 bits per heavy atom. The van der Waals surface area contributed by atoms with Gasteiger partial charge in [0.25, 0.3) is 0 Å². The van der Waals surface area contributed by atoms with Gasteiger partial charge in [-0.05, 0) is 25.2 Å². The van der Waals surface area contributed by atoms with E-state index >= 15 is 0 Å². The van der Waals surface area contributed by atoms with E-state index in [4.69, 9.17) is 0 Å². The second kappa shape index (κ2) is 6.79. The van der Waals surface area contributed by atoms with Crippen LogP contribution in [0.1, 0.15) is 5.56 Å². The van der Waals surface area contributed by atoms with E-state index in [1.807, 2.05) is 19.2 Å². The van der Waals surface area contributed by atoms with Crippen LogP contribution in [0.15, 0.2) is 42.9 Å². The highest BCUT2D eigenvalue weighted by Gasteiger charge is 2.31. The van der Waals surface area contributed by atoms with Gasteiger partial charge in [0.1, 0.15) is 17.8 Å². The van der Waals surface area contributed by atoms with Crippen molar-refractivity contribution in [1.29, 1.82) is 0 Å². The average molecular weight is 390 g/mol. The van der Waals surface area contributed by atoms with E-state index in [9.17, 15) is 18.3 Å². The number of anilines is 1. The zero-order chi connectivity index (χ0) is 19.9. The molecule has 3 aromatic rings. The first kappa shape index (κ1) is 18.2. The minimum absolute atomic E-state index is 0.0315. The number of nitrogens with one attached hydrogen (secondary N) is 1. The number of halogens is 3. The second-order valence-corrected chi connectivity index (χ2v) is 6.65. The summed E-state index contributed by atoms with van der Waals surface area (Å²) in [6.07, 6.45) is 2.61. The molecule has 2 N–H and O–H groups in total. The molecule has 1 atom stereocenters. The number of phenols is 1. The Labute approximate surface area is 158 Å². The SMILES string of the molecule is CN1CC=C[C@@H](Nc2nnc(-c3ccc(C(F)(F)F)cc3O)c3cncn23)C1. The van der Waals surface area contributed by atoms with E-state index in [-0.39, 0.29) is 17.3 Å². The van der Waals surface area contributed by atoms with Gasteiger partial charge in [-0.15, -0.1) is 10.2 Å². The number of benzene rings is 1. The minimum Gasteiger partial charge on any atom is -0.507 e. The highest BCUT2D eigenvalue weighted by Crippen LogP contribution is 2.37. The summed E-state index contributed by atoms with van der Waals surface area (Å²) in [4.78, 5) is 6.24. The fourth-order valence-electron chi connectivity index (χ4n) is 3.17. The lowest BCUT2D eigenvalue weighted by molar-refractivity contribution is -0.137. The summed E-state index contributed by atoms with van der Waals surface area (Å²) >= 11 is 0. The van der Waals surface area contributed by atoms with Gasteiger partial charge < -0.3 is 15.3 Å². The number of imidazole rings is 1. The molecule has 10 heteroatoms. The van der Waals surface area contributed by atoms with Crippen LogP contribution in [0.4, 0.5) is 19.1 Å². The maximum atomic E-state index is 12.8. The van der Waals surface area contributed by atoms with Gasteiger partial charge in [-0.3, -0.25) is 4.40 Å². The zero-order valence-corrected chi connectivity index (χ0v) is 14.9. The van der Waals surface area contributed by atoms with Gasteiger partial charge in [0.15, 0.2) is 0 Å². The van der Waals surface area contributed by atoms with Crippen LogP contribution in [0, 0.1) is 0 Å². The van der Waals surface area contributed by atoms with Gasteiger partial charge in [0.05, 0.1) is 23.3 Å². The van der Waals surface area contributed by atoms with E-state index < -0.39 is 17.5 Å². The molecule has 0 saturated carbocycles. The number of alkyl halides is 3. The first-order valence-corrected chi connectivity index (χ1v) is 8.54. The predicted molar refractivity (Wildman–Crippen MR) is 96.9 cm³/mol. The molecular formula is C18H17F3N6O. The van der Waals surface area contributed by atoms with Crippen molar-refractivity contribution >= 4 is 11.5 Å². The third-order valence-corrected chi connectivity index (χ3v) is 4.54. The summed E-state index contributed by atoms with van der Waals surface area (Å²) in [5, 5.41) is 21.7. The molecule has 0 aliphatic carbocycles. The second-order valence-electron chi connectivity index (χ2n) is 6.65. The fourth-order valence-corrected chi connectivity index (χ4v) is 3.17. The number of fused-ring (bicyclic) bond motifs is 1. The molecule has 0 saturated heterocycles. The Balaban J connectivity index is 1.72. The molecule has 7 nitrogen and oxygen atoms in total. The molecule has 0 unspecified atom stereocenters. The van der Waals surface area contributed by atoms with E-state index in [0.29, 0.717) is 17.5 Å². The molecule has 1 aromatic carbocycles. The summed E-state index contributed by atoms with van der Waals surface area (Å²) in [5.41, 5.74) is -0.0288. The minimum atomic E-state index is -4.54. The largest absolute Gasteiger partial charge is 0.507 e. The van der Waals surface area contributed by atoms with Crippen molar-refractivity contribution in [2.24, 2.45) is 0 Å². The Bertz CT molecular complexity index is 1050. The molecule has 0 amide bonds. The number of rotatable bonds is 3. The monoisotopic (exact) mass is 390 g/mol. The first-order valence-electron chi connectivity index (χ1n) is 8.54. The third kappa shape index (κ3) is 3.38. The Kier molecular flexibility index (Phi) is 4.42. The van der Waals surface area contributed by atoms with Gasteiger partial charge in [0.2, 0.25) is 5.95 Å². The number of aromatic hydroxyl groups is 1. The summed E-state index contributed by atoms with van der Waals surface area (Å²) in [6.45, 7) is 1.66. The number of phenolic OH excluding ortho intramolecular Hbond substituents is 1. The van der Waals surface area contributed by atoms with Crippen molar-refractivity contribution in [2.75, 3.05) is 25.5 Å². The first-order chi connectivity index (χ1) is 13.3. The van der Waals surface area contributed by atoms with Crippen molar-refractivity contribution in [1.82, 2.24) is 24.5 Å². The van der Waals surface area contributed by atoms with Crippen LogP contribution >= 0.6 is 0 Å². The van der Waals surface area contributed by atoms with Gasteiger partial charge in [-0.1, -0.05) is 12.2 Å². The van der Waals surface area contributed by atoms with Crippen LogP contribution < -0.4 is 5.32 Å². The quantitative estimate of drug-likeness (QED) is 0.670. The number of nitrogens with zero attached hydrogens (tertiary/aromatic N) is 5. The standard InChI is InChI=1S/C18H17F3N6O/c1-26-6-2-3-12(9-26)23-17-25-24-16(14-8-22-10-27(14)17)13-5-4-11(7-15(13)28)18(19,20)21/h2-5,7-8,10,12,28H,6,9H2,1H3,(H,23,25)/t12-/m1/s1. The third-order valence-electron chi connectivity index (χ3n) is 4.54. The summed E-state index contributed by atoms with van der Waals surface area (Å²) < 4.78 is 40.2. The highest BCUT2D eigenvalue weighted by atomic mass is 19.4. The molecule has 0 bridgehead atoms. The lowest BCUT2D eigenvalue weighted by Gasteiger charge is -2.26. The van der Waals surface area contributed by atoms with Crippen LogP contribution in [-0.2, 0) is 6.18 Å². The lowest BCUT2D eigenvalue weighted by Crippen LogP contribution is -2.37. The Morgan fingerprint density at radius 3 is 2.79 bits per heavy atom. The van der Waals surface area contributed by atoms with Crippen molar-refractivity contribution in [3.8, 4) is 17.0 Å². The highest BCUT2D eigenvalue weighted by molar-refractivity contribution is 5.80. The van der Waals surface area contributed by atoms with Crippen LogP contribution in [0.5, 0.6) is 5.75 Å². The molecule has 2 aromatic heterocycles. The maximum absolute atomic E-state index is 12.8. The van der Waals surface area contributed by atoms with Crippen molar-refractivity contribution in [3.05, 3.63) is 48.4 Å². The summed E-state index contributed by atoms with van der Waals surface area (Å²) in [5.74, 6) is -0.0719. The summed E-state index contributed by atoms with van der Waals surface area (Å²) in [7, 11) is 2.01. The number of hydrogen-bond donors (Lipinski definition) is 2. The molecule has 0 spiro atoms. The lowest BCUT2D eigenvalue weighted by atomic mass is 10.1. The van der Waals surface area contributed by atoms with Gasteiger partial charge in [-0.2, -0.15) is 13.2 Å². The van der Waals surface area contributed by atoms with Gasteiger partial charge in [-0.25, -0.2) is 4.98 Å². The molecule has 3 heterocycles. The molecule has 4 rings (SSSR count). The predicted octanol–water partition coefficient (Wildman–Crippen LogP) is 2.80. The van der Waals surface area contributed by atoms with Crippen molar-refractivity contribution in [2.45, 2.75) is 12.2 Å². The molecule has 0 fully saturated rings. The molecule has 1 aliphatic heterocycles. The molecule has 28 heavy (non-hydrogen) atoms. The fraction of sp³-hybridized carbons (Fsp3) is 0.278. The van der Waals surface area contributed by atoms with Crippen LogP contribution in [0.3, 0.4) is 0 Å². The Morgan fingerprint density at radius 2 is 2.07 bits per heavy atom. The van der Waals surface area contributed by atoms with Gasteiger partial charge >= 0.3 is 6.18 Å². The van der Waals surface area contributed by atoms with Crippen LogP contribution in [0.25, 0.3) is 16.8 Å². The van der Waals surface area contributed by atoms with E-state index in [1.165, 1.54) is 18.6 Å². The molecule has 1 aliphatic rings. The molecule has 146 valence electrons.